The Bertz CT molecular complexity index is 588. The van der Waals surface area contributed by atoms with E-state index in [1.165, 1.54) is 18.4 Å². The number of hydrogen-bond donors (Lipinski definition) is 1. The van der Waals surface area contributed by atoms with Crippen LogP contribution in [0.5, 0.6) is 0 Å². The zero-order valence-electron chi connectivity index (χ0n) is 13.1. The molecule has 0 aromatic carbocycles. The van der Waals surface area contributed by atoms with E-state index in [2.05, 4.69) is 10.2 Å². The number of thiophene rings is 1. The van der Waals surface area contributed by atoms with Crippen molar-refractivity contribution in [2.24, 2.45) is 0 Å². The Labute approximate surface area is 139 Å². The highest BCUT2D eigenvalue weighted by molar-refractivity contribution is 7.14. The minimum absolute atomic E-state index is 0.00613. The van der Waals surface area contributed by atoms with Crippen LogP contribution in [0.3, 0.4) is 0 Å². The van der Waals surface area contributed by atoms with Crippen LogP contribution in [0.25, 0.3) is 0 Å². The Hall–Kier alpha value is -1.95. The predicted octanol–water partition coefficient (Wildman–Crippen LogP) is 0.739. The molecule has 0 spiro atoms. The van der Waals surface area contributed by atoms with Gasteiger partial charge in [0.15, 0.2) is 0 Å². The fraction of sp³-hybridized carbons (Fsp3) is 0.533. The van der Waals surface area contributed by atoms with Crippen molar-refractivity contribution in [2.75, 3.05) is 51.8 Å². The minimum Gasteiger partial charge on any atom is -0.375 e. The average molecular weight is 336 g/mol. The largest absolute Gasteiger partial charge is 0.375 e. The molecule has 1 aromatic rings. The highest BCUT2D eigenvalue weighted by atomic mass is 32.1. The highest BCUT2D eigenvalue weighted by Crippen LogP contribution is 2.22. The number of amides is 2. The van der Waals surface area contributed by atoms with Crippen molar-refractivity contribution in [3.63, 3.8) is 0 Å². The van der Waals surface area contributed by atoms with Gasteiger partial charge >= 0.3 is 0 Å². The third kappa shape index (κ3) is 5.03. The van der Waals surface area contributed by atoms with E-state index in [1.807, 2.05) is 6.07 Å². The molecule has 7 nitrogen and oxygen atoms in total. The monoisotopic (exact) mass is 336 g/mol. The molecule has 1 fully saturated rings. The molecule has 8 heteroatoms. The molecule has 0 atom stereocenters. The van der Waals surface area contributed by atoms with E-state index in [-0.39, 0.29) is 18.4 Å². The lowest BCUT2D eigenvalue weighted by Gasteiger charge is -2.34. The van der Waals surface area contributed by atoms with E-state index >= 15 is 0 Å². The fourth-order valence-corrected chi connectivity index (χ4v) is 3.13. The van der Waals surface area contributed by atoms with Crippen LogP contribution in [0.15, 0.2) is 11.4 Å². The molecule has 23 heavy (non-hydrogen) atoms. The Kier molecular flexibility index (Phi) is 6.52. The molecule has 2 amide bonds. The summed E-state index contributed by atoms with van der Waals surface area (Å²) in [6.45, 7) is 3.59. The van der Waals surface area contributed by atoms with Gasteiger partial charge < -0.3 is 15.0 Å². The van der Waals surface area contributed by atoms with Crippen molar-refractivity contribution < 1.29 is 14.3 Å². The predicted molar refractivity (Wildman–Crippen MR) is 87.2 cm³/mol. The van der Waals surface area contributed by atoms with Gasteiger partial charge in [-0.3, -0.25) is 14.5 Å². The lowest BCUT2D eigenvalue weighted by atomic mass is 10.2. The summed E-state index contributed by atoms with van der Waals surface area (Å²) in [6, 6.07) is 3.74. The van der Waals surface area contributed by atoms with Gasteiger partial charge in [0.05, 0.1) is 5.56 Å². The minimum atomic E-state index is -0.0955. The number of rotatable bonds is 6. The fourth-order valence-electron chi connectivity index (χ4n) is 2.38. The van der Waals surface area contributed by atoms with Crippen LogP contribution in [0.2, 0.25) is 0 Å². The first-order chi connectivity index (χ1) is 11.1. The number of ether oxygens (including phenoxy) is 1. The summed E-state index contributed by atoms with van der Waals surface area (Å²) in [5, 5.41) is 14.1. The van der Waals surface area contributed by atoms with Crippen LogP contribution < -0.4 is 5.32 Å². The summed E-state index contributed by atoms with van der Waals surface area (Å²) in [5.41, 5.74) is 0.494. The van der Waals surface area contributed by atoms with E-state index in [9.17, 15) is 9.59 Å². The molecule has 124 valence electrons. The Morgan fingerprint density at radius 2 is 2.13 bits per heavy atom. The lowest BCUT2D eigenvalue weighted by Crippen LogP contribution is -2.50. The number of methoxy groups -OCH3 is 1. The number of piperazine rings is 1. The van der Waals surface area contributed by atoms with Gasteiger partial charge in [-0.05, 0) is 11.4 Å². The maximum atomic E-state index is 12.0. The number of nitrogens with zero attached hydrogens (tertiary/aromatic N) is 3. The van der Waals surface area contributed by atoms with E-state index in [0.717, 1.165) is 13.1 Å². The van der Waals surface area contributed by atoms with Gasteiger partial charge in [-0.15, -0.1) is 11.3 Å². The summed E-state index contributed by atoms with van der Waals surface area (Å²) in [7, 11) is 1.51. The first-order valence-electron chi connectivity index (χ1n) is 7.40. The third-order valence-electron chi connectivity index (χ3n) is 3.69. The summed E-state index contributed by atoms with van der Waals surface area (Å²) >= 11 is 1.35. The Morgan fingerprint density at radius 3 is 2.78 bits per heavy atom. The molecule has 1 saturated heterocycles. The molecule has 1 aliphatic heterocycles. The molecule has 1 aromatic heterocycles. The van der Waals surface area contributed by atoms with Gasteiger partial charge in [0.2, 0.25) is 11.8 Å². The molecule has 0 aliphatic carbocycles. The molecule has 1 aliphatic rings. The van der Waals surface area contributed by atoms with Crippen molar-refractivity contribution in [2.45, 2.75) is 6.42 Å². The summed E-state index contributed by atoms with van der Waals surface area (Å²) in [5.74, 6) is -0.0894. The first-order valence-corrected chi connectivity index (χ1v) is 8.28. The normalized spacial score (nSPS) is 15.2. The number of nitrogens with one attached hydrogen (secondary N) is 1. The average Bonchev–Trinajstić information content (AvgIpc) is 3.00. The van der Waals surface area contributed by atoms with Crippen molar-refractivity contribution in [1.29, 1.82) is 5.26 Å². The number of carbonyl (C=O) groups excluding carboxylic acids is 2. The van der Waals surface area contributed by atoms with Crippen molar-refractivity contribution in [1.82, 2.24) is 9.80 Å². The molecule has 0 unspecified atom stereocenters. The molecular formula is C15H20N4O3S. The van der Waals surface area contributed by atoms with Gasteiger partial charge in [-0.2, -0.15) is 5.26 Å². The maximum absolute atomic E-state index is 12.0. The van der Waals surface area contributed by atoms with Gasteiger partial charge in [-0.1, -0.05) is 0 Å². The summed E-state index contributed by atoms with van der Waals surface area (Å²) < 4.78 is 4.85. The number of hydrogen-bond acceptors (Lipinski definition) is 6. The van der Waals surface area contributed by atoms with E-state index < -0.39 is 0 Å². The van der Waals surface area contributed by atoms with E-state index in [0.29, 0.717) is 36.6 Å². The van der Waals surface area contributed by atoms with Gasteiger partial charge in [-0.25, -0.2) is 0 Å². The standard InChI is InChI=1S/C15H20N4O3S/c1-22-11-14(21)19-7-5-18(6-8-19)4-2-13(20)17-15-12(10-16)3-9-23-15/h3,9H,2,4-8,11H2,1H3,(H,17,20). The van der Waals surface area contributed by atoms with E-state index in [4.69, 9.17) is 10.00 Å². The second-order valence-corrected chi connectivity index (χ2v) is 6.14. The molecule has 2 heterocycles. The topological polar surface area (TPSA) is 85.7 Å². The molecule has 0 saturated carbocycles. The van der Waals surface area contributed by atoms with Gasteiger partial charge in [0.25, 0.3) is 0 Å². The van der Waals surface area contributed by atoms with E-state index in [1.54, 1.807) is 16.3 Å². The smallest absolute Gasteiger partial charge is 0.248 e. The number of anilines is 1. The summed E-state index contributed by atoms with van der Waals surface area (Å²) in [4.78, 5) is 27.6. The SMILES string of the molecule is COCC(=O)N1CCN(CCC(=O)Nc2sccc2C#N)CC1. The zero-order valence-corrected chi connectivity index (χ0v) is 13.9. The second-order valence-electron chi connectivity index (χ2n) is 5.23. The van der Waals surface area contributed by atoms with Crippen molar-refractivity contribution in [3.8, 4) is 6.07 Å². The van der Waals surface area contributed by atoms with Gasteiger partial charge in [0, 0.05) is 46.3 Å². The lowest BCUT2D eigenvalue weighted by molar-refractivity contribution is -0.137. The quantitative estimate of drug-likeness (QED) is 0.828. The van der Waals surface area contributed by atoms with Crippen LogP contribution >= 0.6 is 11.3 Å². The van der Waals surface area contributed by atoms with Crippen LogP contribution in [0, 0.1) is 11.3 Å². The number of nitriles is 1. The Balaban J connectivity index is 1.70. The van der Waals surface area contributed by atoms with Crippen molar-refractivity contribution in [3.05, 3.63) is 17.0 Å². The van der Waals surface area contributed by atoms with Crippen molar-refractivity contribution >= 4 is 28.2 Å². The summed E-state index contributed by atoms with van der Waals surface area (Å²) in [6.07, 6.45) is 0.370. The molecule has 2 rings (SSSR count). The zero-order chi connectivity index (χ0) is 16.7. The number of carbonyl (C=O) groups is 2. The van der Waals surface area contributed by atoms with Crippen LogP contribution in [0.4, 0.5) is 5.00 Å². The van der Waals surface area contributed by atoms with Crippen LogP contribution in [0.1, 0.15) is 12.0 Å². The third-order valence-corrected chi connectivity index (χ3v) is 4.52. The highest BCUT2D eigenvalue weighted by Gasteiger charge is 2.21. The van der Waals surface area contributed by atoms with Crippen LogP contribution in [-0.2, 0) is 14.3 Å². The Morgan fingerprint density at radius 1 is 1.39 bits per heavy atom. The maximum Gasteiger partial charge on any atom is 0.248 e. The van der Waals surface area contributed by atoms with Gasteiger partial charge in [0.1, 0.15) is 17.7 Å². The molecule has 0 bridgehead atoms. The van der Waals surface area contributed by atoms with Crippen LogP contribution in [-0.4, -0.2) is 68.1 Å². The molecule has 1 N–H and O–H groups in total. The first kappa shape index (κ1) is 17.4. The molecule has 0 radical (unpaired) electrons. The second kappa shape index (κ2) is 8.62. The molecular weight excluding hydrogens is 316 g/mol.